The molecule has 0 fully saturated rings. The first kappa shape index (κ1) is 44.8. The second-order valence-corrected chi connectivity index (χ2v) is 14.4. The number of methoxy groups -OCH3 is 2. The van der Waals surface area contributed by atoms with Gasteiger partial charge in [-0.3, -0.25) is 9.69 Å². The van der Waals surface area contributed by atoms with Gasteiger partial charge in [0.15, 0.2) is 0 Å². The van der Waals surface area contributed by atoms with Gasteiger partial charge < -0.3 is 9.47 Å². The third-order valence-corrected chi connectivity index (χ3v) is 9.81. The molecule has 0 N–H and O–H groups in total. The van der Waals surface area contributed by atoms with E-state index in [4.69, 9.17) is 9.47 Å². The molecular weight excluding hydrogens is 602 g/mol. The summed E-state index contributed by atoms with van der Waals surface area (Å²) in [5.41, 5.74) is 0.568. The third kappa shape index (κ3) is 26.3. The highest BCUT2D eigenvalue weighted by Gasteiger charge is 2.14. The smallest absolute Gasteiger partial charge is 0.262 e. The first-order valence-electron chi connectivity index (χ1n) is 21.0. The lowest BCUT2D eigenvalue weighted by molar-refractivity contribution is 0.0868. The molecule has 0 radical (unpaired) electrons. The molecule has 0 unspecified atom stereocenters. The molecule has 0 aliphatic rings. The van der Waals surface area contributed by atoms with Crippen molar-refractivity contribution in [2.45, 2.75) is 206 Å². The fourth-order valence-corrected chi connectivity index (χ4v) is 6.55. The number of allylic oxidation sites excluding steroid dienone is 2. The monoisotopic (exact) mass is 682 g/mol. The average Bonchev–Trinajstić information content (AvgIpc) is 3.12. The molecule has 4 nitrogen and oxygen atoms in total. The molecule has 1 aromatic rings. The second-order valence-electron chi connectivity index (χ2n) is 14.4. The fourth-order valence-electron chi connectivity index (χ4n) is 6.55. The summed E-state index contributed by atoms with van der Waals surface area (Å²) in [6, 6.07) is 5.39. The van der Waals surface area contributed by atoms with Gasteiger partial charge in [-0.25, -0.2) is 0 Å². The molecule has 282 valence electrons. The Bertz CT molecular complexity index is 875. The lowest BCUT2D eigenvalue weighted by Crippen LogP contribution is -2.20. The van der Waals surface area contributed by atoms with Crippen LogP contribution in [0.15, 0.2) is 42.8 Å². The highest BCUT2D eigenvalue weighted by atomic mass is 16.5. The maximum absolute atomic E-state index is 13.6. The first-order valence-corrected chi connectivity index (χ1v) is 21.0. The van der Waals surface area contributed by atoms with E-state index in [-0.39, 0.29) is 5.91 Å². The highest BCUT2D eigenvalue weighted by Crippen LogP contribution is 2.24. The highest BCUT2D eigenvalue weighted by molar-refractivity contribution is 5.96. The number of hydrogen-bond donors (Lipinski definition) is 0. The molecule has 0 bridgehead atoms. The Kier molecular flexibility index (Phi) is 31.3. The summed E-state index contributed by atoms with van der Waals surface area (Å²) in [5, 5.41) is 0. The van der Waals surface area contributed by atoms with Gasteiger partial charge in [-0.2, -0.15) is 0 Å². The average molecular weight is 682 g/mol. The lowest BCUT2D eigenvalue weighted by Gasteiger charge is -2.15. The number of benzene rings is 1. The standard InChI is InChI=1S/C45H79NO3/c1-5-7-9-11-13-15-17-19-21-23-25-27-29-31-33-35-37-46(45(47)42-39-43(48-3)41-44(40-42)49-4)38-36-34-32-30-28-26-24-22-20-18-16-14-12-10-8-6-2/h35-41H,5-34H2,1-4H3. The summed E-state index contributed by atoms with van der Waals surface area (Å²) in [4.78, 5) is 15.3. The van der Waals surface area contributed by atoms with Crippen molar-refractivity contribution in [1.82, 2.24) is 4.90 Å². The van der Waals surface area contributed by atoms with Gasteiger partial charge in [-0.05, 0) is 37.8 Å². The molecule has 0 atom stereocenters. The molecule has 0 saturated heterocycles. The maximum atomic E-state index is 13.6. The van der Waals surface area contributed by atoms with E-state index in [1.807, 2.05) is 12.4 Å². The third-order valence-electron chi connectivity index (χ3n) is 9.81. The molecule has 1 rings (SSSR count). The first-order chi connectivity index (χ1) is 24.2. The molecule has 4 heteroatoms. The van der Waals surface area contributed by atoms with Crippen LogP contribution >= 0.6 is 0 Å². The van der Waals surface area contributed by atoms with Gasteiger partial charge in [0.05, 0.1) is 14.2 Å². The number of carbonyl (C=O) groups excluding carboxylic acids is 1. The minimum atomic E-state index is -0.0633. The van der Waals surface area contributed by atoms with Crippen LogP contribution in [-0.4, -0.2) is 25.0 Å². The van der Waals surface area contributed by atoms with Crippen LogP contribution in [-0.2, 0) is 0 Å². The molecule has 49 heavy (non-hydrogen) atoms. The van der Waals surface area contributed by atoms with E-state index < -0.39 is 0 Å². The van der Waals surface area contributed by atoms with Crippen molar-refractivity contribution in [2.24, 2.45) is 0 Å². The predicted molar refractivity (Wildman–Crippen MR) is 214 cm³/mol. The van der Waals surface area contributed by atoms with E-state index in [1.54, 1.807) is 37.3 Å². The summed E-state index contributed by atoms with van der Waals surface area (Å²) in [5.74, 6) is 1.19. The number of amides is 1. The van der Waals surface area contributed by atoms with E-state index in [0.717, 1.165) is 12.8 Å². The van der Waals surface area contributed by atoms with Crippen molar-refractivity contribution >= 4 is 5.91 Å². The van der Waals surface area contributed by atoms with Gasteiger partial charge in [0.2, 0.25) is 0 Å². The van der Waals surface area contributed by atoms with Crippen molar-refractivity contribution in [2.75, 3.05) is 14.2 Å². The molecule has 0 spiro atoms. The van der Waals surface area contributed by atoms with E-state index in [9.17, 15) is 4.79 Å². The maximum Gasteiger partial charge on any atom is 0.262 e. The number of carbonyl (C=O) groups is 1. The topological polar surface area (TPSA) is 38.8 Å². The Morgan fingerprint density at radius 1 is 0.469 bits per heavy atom. The van der Waals surface area contributed by atoms with Crippen LogP contribution in [0.5, 0.6) is 11.5 Å². The van der Waals surface area contributed by atoms with Gasteiger partial charge in [0.1, 0.15) is 11.5 Å². The molecule has 0 aliphatic carbocycles. The van der Waals surface area contributed by atoms with Gasteiger partial charge in [-0.1, -0.05) is 193 Å². The largest absolute Gasteiger partial charge is 0.497 e. The van der Waals surface area contributed by atoms with Crippen LogP contribution < -0.4 is 9.47 Å². The summed E-state index contributed by atoms with van der Waals surface area (Å²) in [7, 11) is 3.24. The number of ether oxygens (including phenoxy) is 2. The van der Waals surface area contributed by atoms with Crippen molar-refractivity contribution < 1.29 is 14.3 Å². The molecular formula is C45H79NO3. The molecule has 0 heterocycles. The summed E-state index contributed by atoms with van der Waals surface area (Å²) < 4.78 is 10.9. The zero-order chi connectivity index (χ0) is 35.5. The van der Waals surface area contributed by atoms with Gasteiger partial charge in [-0.15, -0.1) is 0 Å². The zero-order valence-electron chi connectivity index (χ0n) is 32.9. The van der Waals surface area contributed by atoms with Gasteiger partial charge in [0.25, 0.3) is 5.91 Å². The minimum absolute atomic E-state index is 0.0633. The van der Waals surface area contributed by atoms with E-state index in [1.165, 1.54) is 180 Å². The number of unbranched alkanes of at least 4 members (excludes halogenated alkanes) is 28. The Hall–Kier alpha value is -2.23. The normalized spacial score (nSPS) is 11.6. The predicted octanol–water partition coefficient (Wildman–Crippen LogP) is 14.9. The van der Waals surface area contributed by atoms with Crippen LogP contribution in [0.25, 0.3) is 0 Å². The lowest BCUT2D eigenvalue weighted by atomic mass is 10.0. The second kappa shape index (κ2) is 34.2. The van der Waals surface area contributed by atoms with E-state index in [2.05, 4.69) is 26.0 Å². The summed E-state index contributed by atoms with van der Waals surface area (Å²) in [6.45, 7) is 4.58. The van der Waals surface area contributed by atoms with E-state index >= 15 is 0 Å². The van der Waals surface area contributed by atoms with Crippen LogP contribution in [0.4, 0.5) is 0 Å². The van der Waals surface area contributed by atoms with Crippen LogP contribution in [0.2, 0.25) is 0 Å². The molecule has 0 aromatic heterocycles. The quantitative estimate of drug-likeness (QED) is 0.0669. The summed E-state index contributed by atoms with van der Waals surface area (Å²) >= 11 is 0. The van der Waals surface area contributed by atoms with Crippen molar-refractivity contribution in [1.29, 1.82) is 0 Å². The van der Waals surface area contributed by atoms with Crippen molar-refractivity contribution in [3.05, 3.63) is 48.3 Å². The Morgan fingerprint density at radius 3 is 1.04 bits per heavy atom. The Labute approximate surface area is 304 Å². The van der Waals surface area contributed by atoms with Crippen molar-refractivity contribution in [3.63, 3.8) is 0 Å². The minimum Gasteiger partial charge on any atom is -0.497 e. The number of hydrogen-bond acceptors (Lipinski definition) is 3. The van der Waals surface area contributed by atoms with Gasteiger partial charge >= 0.3 is 0 Å². The summed E-state index contributed by atoms with van der Waals surface area (Å²) in [6.07, 6.45) is 48.5. The molecule has 0 saturated carbocycles. The zero-order valence-corrected chi connectivity index (χ0v) is 32.9. The fraction of sp³-hybridized carbons (Fsp3) is 0.756. The molecule has 1 amide bonds. The molecule has 1 aromatic carbocycles. The Morgan fingerprint density at radius 2 is 0.755 bits per heavy atom. The van der Waals surface area contributed by atoms with Crippen LogP contribution in [0.3, 0.4) is 0 Å². The van der Waals surface area contributed by atoms with Crippen LogP contribution in [0, 0.1) is 0 Å². The van der Waals surface area contributed by atoms with Crippen molar-refractivity contribution in [3.8, 4) is 11.5 Å². The van der Waals surface area contributed by atoms with E-state index in [0.29, 0.717) is 17.1 Å². The molecule has 0 aliphatic heterocycles. The number of nitrogens with zero attached hydrogens (tertiary/aromatic N) is 1. The van der Waals surface area contributed by atoms with Crippen LogP contribution in [0.1, 0.15) is 217 Å². The SMILES string of the molecule is CCCCCCCCCCCCCCCCC=CN(C=CCCCCCCCCCCCCCCCC)C(=O)c1cc(OC)cc(OC)c1. The number of rotatable bonds is 35. The Balaban J connectivity index is 2.35. The van der Waals surface area contributed by atoms with Gasteiger partial charge in [0, 0.05) is 24.0 Å².